The van der Waals surface area contributed by atoms with Crippen LogP contribution in [-0.2, 0) is 0 Å². The van der Waals surface area contributed by atoms with Gasteiger partial charge in [-0.25, -0.2) is 0 Å². The Labute approximate surface area is 116 Å². The molecule has 0 fully saturated rings. The smallest absolute Gasteiger partial charge is 0.159 e. The number of fused-ring (bicyclic) bond motifs is 1. The SMILES string of the molecule is CSCCCCNc1nnc(Cl)c2ccccc12. The molecule has 1 aromatic carbocycles. The zero-order valence-corrected chi connectivity index (χ0v) is 11.9. The van der Waals surface area contributed by atoms with E-state index in [0.717, 1.165) is 29.6 Å². The second-order valence-electron chi connectivity index (χ2n) is 4.01. The first-order valence-electron chi connectivity index (χ1n) is 5.96. The van der Waals surface area contributed by atoms with Crippen LogP contribution in [0.15, 0.2) is 24.3 Å². The number of hydrogen-bond acceptors (Lipinski definition) is 4. The van der Waals surface area contributed by atoms with E-state index in [0.29, 0.717) is 5.15 Å². The van der Waals surface area contributed by atoms with Crippen molar-refractivity contribution in [3.8, 4) is 0 Å². The second kappa shape index (κ2) is 6.81. The van der Waals surface area contributed by atoms with Crippen molar-refractivity contribution < 1.29 is 0 Å². The summed E-state index contributed by atoms with van der Waals surface area (Å²) in [5.74, 6) is 2.02. The molecule has 2 rings (SSSR count). The number of anilines is 1. The Hall–Kier alpha value is -1.00. The lowest BCUT2D eigenvalue weighted by Crippen LogP contribution is -2.05. The van der Waals surface area contributed by atoms with E-state index in [2.05, 4.69) is 21.8 Å². The van der Waals surface area contributed by atoms with Crippen LogP contribution in [-0.4, -0.2) is 28.8 Å². The number of aromatic nitrogens is 2. The topological polar surface area (TPSA) is 37.8 Å². The van der Waals surface area contributed by atoms with Gasteiger partial charge in [-0.05, 0) is 24.9 Å². The highest BCUT2D eigenvalue weighted by Crippen LogP contribution is 2.25. The fourth-order valence-electron chi connectivity index (χ4n) is 1.78. The van der Waals surface area contributed by atoms with Crippen LogP contribution < -0.4 is 5.32 Å². The van der Waals surface area contributed by atoms with Gasteiger partial charge in [-0.15, -0.1) is 10.2 Å². The largest absolute Gasteiger partial charge is 0.368 e. The van der Waals surface area contributed by atoms with Gasteiger partial charge in [0, 0.05) is 17.3 Å². The highest BCUT2D eigenvalue weighted by Gasteiger charge is 2.06. The summed E-state index contributed by atoms with van der Waals surface area (Å²) in [5.41, 5.74) is 0. The molecule has 0 unspecified atom stereocenters. The quantitative estimate of drug-likeness (QED) is 0.817. The number of hydrogen-bond donors (Lipinski definition) is 1. The summed E-state index contributed by atoms with van der Waals surface area (Å²) in [6, 6.07) is 7.92. The fourth-order valence-corrected chi connectivity index (χ4v) is 2.48. The van der Waals surface area contributed by atoms with Crippen LogP contribution in [0.25, 0.3) is 10.8 Å². The van der Waals surface area contributed by atoms with E-state index in [1.807, 2.05) is 36.0 Å². The van der Waals surface area contributed by atoms with E-state index in [-0.39, 0.29) is 0 Å². The van der Waals surface area contributed by atoms with Crippen LogP contribution in [0.1, 0.15) is 12.8 Å². The Balaban J connectivity index is 2.07. The van der Waals surface area contributed by atoms with Gasteiger partial charge in [-0.2, -0.15) is 11.8 Å². The molecule has 1 N–H and O–H groups in total. The standard InChI is InChI=1S/C13H16ClN3S/c1-18-9-5-4-8-15-13-11-7-3-2-6-10(11)12(14)16-17-13/h2-3,6-7H,4-5,8-9H2,1H3,(H,15,17). The number of halogens is 1. The van der Waals surface area contributed by atoms with E-state index < -0.39 is 0 Å². The Morgan fingerprint density at radius 2 is 1.94 bits per heavy atom. The third-order valence-corrected chi connectivity index (χ3v) is 3.69. The Morgan fingerprint density at radius 3 is 2.72 bits per heavy atom. The second-order valence-corrected chi connectivity index (χ2v) is 5.36. The molecule has 0 saturated carbocycles. The van der Waals surface area contributed by atoms with Gasteiger partial charge in [0.05, 0.1) is 0 Å². The first kappa shape index (κ1) is 13.4. The minimum atomic E-state index is 0.457. The average molecular weight is 282 g/mol. The van der Waals surface area contributed by atoms with Crippen LogP contribution in [0, 0.1) is 0 Å². The van der Waals surface area contributed by atoms with Gasteiger partial charge in [-0.3, -0.25) is 0 Å². The molecule has 0 atom stereocenters. The lowest BCUT2D eigenvalue weighted by atomic mass is 10.2. The van der Waals surface area contributed by atoms with Crippen molar-refractivity contribution in [1.82, 2.24) is 10.2 Å². The molecule has 0 saturated heterocycles. The maximum atomic E-state index is 6.03. The normalized spacial score (nSPS) is 10.8. The molecule has 18 heavy (non-hydrogen) atoms. The first-order chi connectivity index (χ1) is 8.83. The van der Waals surface area contributed by atoms with Gasteiger partial charge < -0.3 is 5.32 Å². The van der Waals surface area contributed by atoms with Crippen LogP contribution in [0.3, 0.4) is 0 Å². The Bertz CT molecular complexity index is 519. The van der Waals surface area contributed by atoms with E-state index >= 15 is 0 Å². The van der Waals surface area contributed by atoms with Gasteiger partial charge in [0.15, 0.2) is 11.0 Å². The van der Waals surface area contributed by atoms with Gasteiger partial charge in [0.1, 0.15) is 0 Å². The zero-order chi connectivity index (χ0) is 12.8. The van der Waals surface area contributed by atoms with Crippen molar-refractivity contribution in [2.24, 2.45) is 0 Å². The molecular formula is C13H16ClN3S. The number of thioether (sulfide) groups is 1. The molecule has 0 aliphatic carbocycles. The number of benzene rings is 1. The van der Waals surface area contributed by atoms with Crippen molar-refractivity contribution in [2.75, 3.05) is 23.9 Å². The van der Waals surface area contributed by atoms with Crippen LogP contribution in [0.2, 0.25) is 5.15 Å². The van der Waals surface area contributed by atoms with E-state index in [4.69, 9.17) is 11.6 Å². The number of rotatable bonds is 6. The summed E-state index contributed by atoms with van der Waals surface area (Å²) in [6.45, 7) is 0.918. The van der Waals surface area contributed by atoms with Crippen LogP contribution in [0.4, 0.5) is 5.82 Å². The van der Waals surface area contributed by atoms with Crippen LogP contribution in [0.5, 0.6) is 0 Å². The lowest BCUT2D eigenvalue weighted by molar-refractivity contribution is 0.837. The van der Waals surface area contributed by atoms with Gasteiger partial charge in [0.2, 0.25) is 0 Å². The molecule has 0 amide bonds. The lowest BCUT2D eigenvalue weighted by Gasteiger charge is -2.08. The fraction of sp³-hybridized carbons (Fsp3) is 0.385. The molecule has 0 radical (unpaired) electrons. The van der Waals surface area contributed by atoms with Gasteiger partial charge in [-0.1, -0.05) is 35.9 Å². The minimum Gasteiger partial charge on any atom is -0.368 e. The predicted octanol–water partition coefficient (Wildman–Crippen LogP) is 3.84. The molecule has 0 aliphatic rings. The summed E-state index contributed by atoms with van der Waals surface area (Å²) in [7, 11) is 0. The maximum Gasteiger partial charge on any atom is 0.159 e. The molecule has 1 aromatic heterocycles. The molecule has 0 aliphatic heterocycles. The van der Waals surface area contributed by atoms with E-state index in [1.54, 1.807) is 0 Å². The molecular weight excluding hydrogens is 266 g/mol. The molecule has 5 heteroatoms. The Morgan fingerprint density at radius 1 is 1.17 bits per heavy atom. The minimum absolute atomic E-state index is 0.457. The van der Waals surface area contributed by atoms with Crippen molar-refractivity contribution in [3.05, 3.63) is 29.4 Å². The zero-order valence-electron chi connectivity index (χ0n) is 10.3. The third kappa shape index (κ3) is 3.27. The summed E-state index contributed by atoms with van der Waals surface area (Å²) in [6.07, 6.45) is 4.48. The molecule has 0 bridgehead atoms. The number of nitrogens with zero attached hydrogens (tertiary/aromatic N) is 2. The highest BCUT2D eigenvalue weighted by molar-refractivity contribution is 7.98. The third-order valence-electron chi connectivity index (χ3n) is 2.71. The predicted molar refractivity (Wildman–Crippen MR) is 80.7 cm³/mol. The number of unbranched alkanes of at least 4 members (excludes halogenated alkanes) is 1. The molecule has 3 nitrogen and oxygen atoms in total. The molecule has 1 heterocycles. The highest BCUT2D eigenvalue weighted by atomic mass is 35.5. The molecule has 96 valence electrons. The average Bonchev–Trinajstić information content (AvgIpc) is 2.41. The van der Waals surface area contributed by atoms with Crippen LogP contribution >= 0.6 is 23.4 Å². The van der Waals surface area contributed by atoms with Crippen molar-refractivity contribution in [3.63, 3.8) is 0 Å². The van der Waals surface area contributed by atoms with E-state index in [1.165, 1.54) is 12.2 Å². The summed E-state index contributed by atoms with van der Waals surface area (Å²) in [4.78, 5) is 0. The molecule has 2 aromatic rings. The monoisotopic (exact) mass is 281 g/mol. The van der Waals surface area contributed by atoms with Crippen molar-refractivity contribution in [2.45, 2.75) is 12.8 Å². The maximum absolute atomic E-state index is 6.03. The summed E-state index contributed by atoms with van der Waals surface area (Å²) < 4.78 is 0. The molecule has 0 spiro atoms. The van der Waals surface area contributed by atoms with Gasteiger partial charge >= 0.3 is 0 Å². The van der Waals surface area contributed by atoms with Crippen molar-refractivity contribution >= 4 is 40.0 Å². The summed E-state index contributed by atoms with van der Waals surface area (Å²) >= 11 is 7.91. The van der Waals surface area contributed by atoms with Gasteiger partial charge in [0.25, 0.3) is 0 Å². The van der Waals surface area contributed by atoms with Crippen molar-refractivity contribution in [1.29, 1.82) is 0 Å². The Kier molecular flexibility index (Phi) is 5.08. The van der Waals surface area contributed by atoms with E-state index in [9.17, 15) is 0 Å². The first-order valence-corrected chi connectivity index (χ1v) is 7.74. The number of nitrogens with one attached hydrogen (secondary N) is 1. The summed E-state index contributed by atoms with van der Waals surface area (Å²) in [5, 5.41) is 13.9.